The molecule has 0 N–H and O–H groups in total. The average Bonchev–Trinajstić information content (AvgIpc) is 2.75. The van der Waals surface area contributed by atoms with Gasteiger partial charge in [-0.3, -0.25) is 4.90 Å². The molecule has 2 unspecified atom stereocenters. The van der Waals surface area contributed by atoms with E-state index in [9.17, 15) is 0 Å². The van der Waals surface area contributed by atoms with Gasteiger partial charge in [-0.25, -0.2) is 0 Å². The molecule has 3 fully saturated rings. The lowest BCUT2D eigenvalue weighted by molar-refractivity contribution is -0.00522. The Hall–Kier alpha value is -1.26. The molecule has 0 radical (unpaired) electrons. The van der Waals surface area contributed by atoms with Crippen LogP contribution in [0.2, 0.25) is 0 Å². The molecule has 1 saturated carbocycles. The summed E-state index contributed by atoms with van der Waals surface area (Å²) in [6.07, 6.45) is 7.09. The lowest BCUT2D eigenvalue weighted by atomic mass is 9.60. The Morgan fingerprint density at radius 2 is 1.50 bits per heavy atom. The van der Waals surface area contributed by atoms with Gasteiger partial charge in [0.15, 0.2) is 0 Å². The third kappa shape index (κ3) is 6.29. The molecule has 2 saturated heterocycles. The van der Waals surface area contributed by atoms with E-state index in [0.717, 1.165) is 26.2 Å². The van der Waals surface area contributed by atoms with E-state index < -0.39 is 0 Å². The van der Waals surface area contributed by atoms with E-state index in [1.807, 2.05) is 0 Å². The maximum atomic E-state index is 6.04. The number of benzene rings is 1. The van der Waals surface area contributed by atoms with E-state index >= 15 is 0 Å². The van der Waals surface area contributed by atoms with Gasteiger partial charge in [-0.1, -0.05) is 41.0 Å². The number of ether oxygens (including phenoxy) is 1. The number of anilines is 2. The number of piperazine rings is 1. The molecule has 34 heavy (non-hydrogen) atoms. The molecule has 192 valence electrons. The number of unbranched alkanes of at least 4 members (excludes halogenated alkanes) is 1. The van der Waals surface area contributed by atoms with Crippen LogP contribution in [0.15, 0.2) is 18.2 Å². The van der Waals surface area contributed by atoms with Crippen molar-refractivity contribution in [2.45, 2.75) is 98.7 Å². The zero-order valence-electron chi connectivity index (χ0n) is 23.2. The number of hydrogen-bond acceptors (Lipinski definition) is 4. The number of nitrogens with zero attached hydrogens (tertiary/aromatic N) is 3. The van der Waals surface area contributed by atoms with Gasteiger partial charge < -0.3 is 14.5 Å². The van der Waals surface area contributed by atoms with Crippen molar-refractivity contribution in [3.63, 3.8) is 0 Å². The van der Waals surface area contributed by atoms with Gasteiger partial charge >= 0.3 is 0 Å². The molecule has 4 rings (SSSR count). The highest BCUT2D eigenvalue weighted by Crippen LogP contribution is 2.53. The van der Waals surface area contributed by atoms with Gasteiger partial charge in [-0.15, -0.1) is 0 Å². The summed E-state index contributed by atoms with van der Waals surface area (Å²) in [4.78, 5) is 7.92. The molecule has 0 spiro atoms. The fourth-order valence-electron chi connectivity index (χ4n) is 7.40. The number of rotatable bonds is 6. The van der Waals surface area contributed by atoms with Gasteiger partial charge in [-0.2, -0.15) is 0 Å². The van der Waals surface area contributed by atoms with E-state index in [1.54, 1.807) is 5.56 Å². The van der Waals surface area contributed by atoms with Gasteiger partial charge in [0, 0.05) is 50.6 Å². The summed E-state index contributed by atoms with van der Waals surface area (Å²) in [6, 6.07) is 7.43. The lowest BCUT2D eigenvalue weighted by Crippen LogP contribution is -2.47. The lowest BCUT2D eigenvalue weighted by Gasteiger charge is -2.47. The highest BCUT2D eigenvalue weighted by Gasteiger charge is 2.40. The monoisotopic (exact) mass is 469 g/mol. The van der Waals surface area contributed by atoms with E-state index in [4.69, 9.17) is 4.74 Å². The summed E-state index contributed by atoms with van der Waals surface area (Å²) in [7, 11) is 0. The molecule has 1 aromatic carbocycles. The molecule has 2 heterocycles. The van der Waals surface area contributed by atoms with Gasteiger partial charge in [0.1, 0.15) is 0 Å². The normalized spacial score (nSPS) is 28.3. The molecule has 4 nitrogen and oxygen atoms in total. The van der Waals surface area contributed by atoms with E-state index in [0.29, 0.717) is 16.7 Å². The molecule has 1 aliphatic carbocycles. The Bertz CT molecular complexity index is 785. The van der Waals surface area contributed by atoms with Crippen LogP contribution >= 0.6 is 0 Å². The minimum absolute atomic E-state index is 0.288. The van der Waals surface area contributed by atoms with Crippen LogP contribution in [0.1, 0.15) is 92.1 Å². The van der Waals surface area contributed by atoms with Crippen LogP contribution in [-0.2, 0) is 4.74 Å². The fourth-order valence-corrected chi connectivity index (χ4v) is 7.40. The zero-order chi connectivity index (χ0) is 24.5. The molecule has 2 atom stereocenters. The van der Waals surface area contributed by atoms with Crippen LogP contribution in [0.3, 0.4) is 0 Å². The Morgan fingerprint density at radius 1 is 0.882 bits per heavy atom. The first-order valence-electron chi connectivity index (χ1n) is 14.1. The minimum Gasteiger partial charge on any atom is -0.372 e. The molecule has 0 aromatic heterocycles. The van der Waals surface area contributed by atoms with Crippen LogP contribution in [0.4, 0.5) is 11.4 Å². The summed E-state index contributed by atoms with van der Waals surface area (Å²) < 4.78 is 6.04. The maximum absolute atomic E-state index is 6.04. The summed E-state index contributed by atoms with van der Waals surface area (Å²) in [5.74, 6) is 0.628. The van der Waals surface area contributed by atoms with Crippen LogP contribution in [-0.4, -0.2) is 62.9 Å². The molecule has 0 bridgehead atoms. The second-order valence-corrected chi connectivity index (χ2v) is 13.2. The first-order chi connectivity index (χ1) is 16.0. The third-order valence-corrected chi connectivity index (χ3v) is 8.33. The Kier molecular flexibility index (Phi) is 7.89. The number of hydrogen-bond donors (Lipinski definition) is 0. The fraction of sp³-hybridized carbons (Fsp3) is 0.800. The van der Waals surface area contributed by atoms with Crippen molar-refractivity contribution in [1.29, 1.82) is 0 Å². The van der Waals surface area contributed by atoms with Crippen molar-refractivity contribution in [2.75, 3.05) is 55.6 Å². The molecule has 3 aliphatic rings. The summed E-state index contributed by atoms with van der Waals surface area (Å²) in [5.41, 5.74) is 5.28. The van der Waals surface area contributed by atoms with Crippen molar-refractivity contribution in [3.05, 3.63) is 23.8 Å². The second kappa shape index (κ2) is 10.4. The Balaban J connectivity index is 1.63. The molecule has 4 heteroatoms. The second-order valence-electron chi connectivity index (χ2n) is 13.2. The van der Waals surface area contributed by atoms with Crippen molar-refractivity contribution in [1.82, 2.24) is 4.90 Å². The maximum Gasteiger partial charge on any atom is 0.0726 e. The SMILES string of the molecule is CCCCN1CCN(c2ccc(N3CC(C)OC(C)C3)cc2C2CC(C)(C)CC(C)(C)C2)CC1. The van der Waals surface area contributed by atoms with Crippen LogP contribution < -0.4 is 9.80 Å². The molecule has 1 aromatic rings. The topological polar surface area (TPSA) is 19.0 Å². The first-order valence-corrected chi connectivity index (χ1v) is 14.1. The largest absolute Gasteiger partial charge is 0.372 e. The van der Waals surface area contributed by atoms with Gasteiger partial charge in [0.2, 0.25) is 0 Å². The van der Waals surface area contributed by atoms with Crippen LogP contribution in [0.5, 0.6) is 0 Å². The Morgan fingerprint density at radius 3 is 2.09 bits per heavy atom. The average molecular weight is 470 g/mol. The van der Waals surface area contributed by atoms with Crippen molar-refractivity contribution in [2.24, 2.45) is 10.8 Å². The molecular formula is C30H51N3O. The van der Waals surface area contributed by atoms with Gasteiger partial charge in [0.25, 0.3) is 0 Å². The first kappa shape index (κ1) is 25.8. The summed E-state index contributed by atoms with van der Waals surface area (Å²) >= 11 is 0. The predicted molar refractivity (Wildman–Crippen MR) is 146 cm³/mol. The smallest absolute Gasteiger partial charge is 0.0726 e. The van der Waals surface area contributed by atoms with E-state index in [1.165, 1.54) is 63.1 Å². The van der Waals surface area contributed by atoms with E-state index in [2.05, 4.69) is 81.4 Å². The number of morpholine rings is 1. The van der Waals surface area contributed by atoms with Crippen molar-refractivity contribution >= 4 is 11.4 Å². The predicted octanol–water partition coefficient (Wildman–Crippen LogP) is 6.54. The quantitative estimate of drug-likeness (QED) is 0.471. The molecule has 0 amide bonds. The van der Waals surface area contributed by atoms with Crippen molar-refractivity contribution < 1.29 is 4.74 Å². The molecular weight excluding hydrogens is 418 g/mol. The highest BCUT2D eigenvalue weighted by molar-refractivity contribution is 5.64. The van der Waals surface area contributed by atoms with Crippen LogP contribution in [0, 0.1) is 10.8 Å². The molecule has 2 aliphatic heterocycles. The Labute approximate surface area is 210 Å². The summed E-state index contributed by atoms with van der Waals surface area (Å²) in [6.45, 7) is 24.6. The highest BCUT2D eigenvalue weighted by atomic mass is 16.5. The zero-order valence-corrected chi connectivity index (χ0v) is 23.2. The van der Waals surface area contributed by atoms with E-state index in [-0.39, 0.29) is 12.2 Å². The van der Waals surface area contributed by atoms with Gasteiger partial charge in [0.05, 0.1) is 12.2 Å². The summed E-state index contributed by atoms with van der Waals surface area (Å²) in [5, 5.41) is 0. The van der Waals surface area contributed by atoms with Crippen molar-refractivity contribution in [3.8, 4) is 0 Å². The third-order valence-electron chi connectivity index (χ3n) is 8.33. The van der Waals surface area contributed by atoms with Crippen LogP contribution in [0.25, 0.3) is 0 Å². The minimum atomic E-state index is 0.288. The van der Waals surface area contributed by atoms with Gasteiger partial charge in [-0.05, 0) is 86.6 Å². The standard InChI is InChI=1S/C30H51N3O/c1-8-9-12-31-13-15-32(16-14-31)28-11-10-26(33-20-23(2)34-24(3)21-33)17-27(28)25-18-29(4,5)22-30(6,7)19-25/h10-11,17,23-25H,8-9,12-16,18-22H2,1-7H3.